The van der Waals surface area contributed by atoms with E-state index >= 15 is 0 Å². The Hall–Kier alpha value is -1.62. The fraction of sp³-hybridized carbons (Fsp3) is 0.450. The molecule has 5 nitrogen and oxygen atoms in total. The van der Waals surface area contributed by atoms with Crippen molar-refractivity contribution in [1.29, 1.82) is 0 Å². The van der Waals surface area contributed by atoms with E-state index in [0.717, 1.165) is 50.6 Å². The van der Waals surface area contributed by atoms with Crippen molar-refractivity contribution in [2.75, 3.05) is 37.7 Å². The molecule has 0 radical (unpaired) electrons. The topological polar surface area (TPSA) is 48.9 Å². The molecule has 2 heterocycles. The predicted molar refractivity (Wildman–Crippen MR) is 126 cm³/mol. The highest BCUT2D eigenvalue weighted by molar-refractivity contribution is 14.0. The number of ether oxygens (including phenoxy) is 1. The largest absolute Gasteiger partial charge is 0.492 e. The Morgan fingerprint density at radius 1 is 1.24 bits per heavy atom. The third kappa shape index (κ3) is 7.29. The average molecular weight is 536 g/mol. The summed E-state index contributed by atoms with van der Waals surface area (Å²) in [6.45, 7) is 5.55. The Balaban J connectivity index is 0.00000300. The zero-order valence-electron chi connectivity index (χ0n) is 16.4. The number of anilines is 1. The van der Waals surface area contributed by atoms with Crippen molar-refractivity contribution in [3.8, 4) is 5.75 Å². The monoisotopic (exact) mass is 536 g/mol. The predicted octanol–water partition coefficient (Wildman–Crippen LogP) is 4.25. The average Bonchev–Trinajstić information content (AvgIpc) is 3.23. The Morgan fingerprint density at radius 2 is 2.03 bits per heavy atom. The summed E-state index contributed by atoms with van der Waals surface area (Å²) in [6, 6.07) is 8.14. The lowest BCUT2D eigenvalue weighted by molar-refractivity contribution is 0.325. The highest BCUT2D eigenvalue weighted by atomic mass is 127. The number of nitrogens with one attached hydrogen (secondary N) is 2. The Morgan fingerprint density at radius 3 is 2.69 bits per heavy atom. The summed E-state index contributed by atoms with van der Waals surface area (Å²) in [5, 5.41) is 10.2. The number of nitrogens with zero attached hydrogens (tertiary/aromatic N) is 2. The molecule has 1 aromatic carbocycles. The van der Waals surface area contributed by atoms with Crippen LogP contribution in [0, 0.1) is 11.6 Å². The summed E-state index contributed by atoms with van der Waals surface area (Å²) in [5.41, 5.74) is 0. The maximum absolute atomic E-state index is 13.2. The van der Waals surface area contributed by atoms with E-state index in [0.29, 0.717) is 24.9 Å². The van der Waals surface area contributed by atoms with Gasteiger partial charge in [-0.25, -0.2) is 13.8 Å². The van der Waals surface area contributed by atoms with Crippen LogP contribution in [0.5, 0.6) is 5.75 Å². The van der Waals surface area contributed by atoms with Crippen molar-refractivity contribution in [3.63, 3.8) is 0 Å². The quantitative estimate of drug-likeness (QED) is 0.241. The van der Waals surface area contributed by atoms with Gasteiger partial charge in [0.25, 0.3) is 0 Å². The molecule has 0 bridgehead atoms. The summed E-state index contributed by atoms with van der Waals surface area (Å²) in [5.74, 6) is -0.738. The number of rotatable bonds is 7. The molecule has 0 atom stereocenters. The van der Waals surface area contributed by atoms with Gasteiger partial charge in [-0.2, -0.15) is 0 Å². The molecule has 0 aliphatic carbocycles. The smallest absolute Gasteiger partial charge is 0.191 e. The SMILES string of the molecule is CCNC(=NCCOc1ccc(F)c(F)c1)NC1CCN(c2cccs2)CC1.I. The van der Waals surface area contributed by atoms with Crippen LogP contribution in [0.3, 0.4) is 0 Å². The van der Waals surface area contributed by atoms with Crippen molar-refractivity contribution < 1.29 is 13.5 Å². The minimum atomic E-state index is -0.912. The summed E-state index contributed by atoms with van der Waals surface area (Å²) >= 11 is 1.78. The number of guanidine groups is 1. The first kappa shape index (κ1) is 23.7. The van der Waals surface area contributed by atoms with Crippen molar-refractivity contribution >= 4 is 46.3 Å². The first-order valence-corrected chi connectivity index (χ1v) is 10.4. The van der Waals surface area contributed by atoms with Gasteiger partial charge in [0, 0.05) is 31.7 Å². The molecule has 1 aliphatic rings. The van der Waals surface area contributed by atoms with Crippen molar-refractivity contribution in [2.24, 2.45) is 4.99 Å². The lowest BCUT2D eigenvalue weighted by Crippen LogP contribution is -2.48. The van der Waals surface area contributed by atoms with E-state index in [-0.39, 0.29) is 24.0 Å². The number of halogens is 3. The van der Waals surface area contributed by atoms with Gasteiger partial charge in [-0.3, -0.25) is 0 Å². The van der Waals surface area contributed by atoms with Gasteiger partial charge < -0.3 is 20.3 Å². The fourth-order valence-corrected chi connectivity index (χ4v) is 3.88. The zero-order chi connectivity index (χ0) is 19.8. The first-order valence-electron chi connectivity index (χ1n) is 9.57. The van der Waals surface area contributed by atoms with Crippen molar-refractivity contribution in [2.45, 2.75) is 25.8 Å². The van der Waals surface area contributed by atoms with Crippen LogP contribution >= 0.6 is 35.3 Å². The van der Waals surface area contributed by atoms with Gasteiger partial charge in [-0.15, -0.1) is 35.3 Å². The van der Waals surface area contributed by atoms with Gasteiger partial charge in [0.1, 0.15) is 12.4 Å². The third-order valence-corrected chi connectivity index (χ3v) is 5.45. The van der Waals surface area contributed by atoms with Crippen LogP contribution in [0.1, 0.15) is 19.8 Å². The molecule has 29 heavy (non-hydrogen) atoms. The molecule has 0 amide bonds. The highest BCUT2D eigenvalue weighted by Crippen LogP contribution is 2.24. The number of thiophene rings is 1. The van der Waals surface area contributed by atoms with Gasteiger partial charge >= 0.3 is 0 Å². The number of piperidine rings is 1. The Kier molecular flexibility index (Phi) is 9.92. The molecular weight excluding hydrogens is 509 g/mol. The van der Waals surface area contributed by atoms with Crippen LogP contribution in [-0.2, 0) is 0 Å². The van der Waals surface area contributed by atoms with E-state index < -0.39 is 11.6 Å². The normalized spacial score (nSPS) is 15.0. The van der Waals surface area contributed by atoms with E-state index in [2.05, 4.69) is 38.0 Å². The van der Waals surface area contributed by atoms with Crippen LogP contribution < -0.4 is 20.3 Å². The molecule has 0 unspecified atom stereocenters. The van der Waals surface area contributed by atoms with Gasteiger partial charge in [-0.05, 0) is 49.4 Å². The summed E-state index contributed by atoms with van der Waals surface area (Å²) in [7, 11) is 0. The molecular formula is C20H27F2IN4OS. The summed E-state index contributed by atoms with van der Waals surface area (Å²) in [4.78, 5) is 6.94. The lowest BCUT2D eigenvalue weighted by atomic mass is 10.1. The van der Waals surface area contributed by atoms with Gasteiger partial charge in [-0.1, -0.05) is 0 Å². The maximum Gasteiger partial charge on any atom is 0.191 e. The van der Waals surface area contributed by atoms with E-state index in [9.17, 15) is 8.78 Å². The molecule has 1 fully saturated rings. The third-order valence-electron chi connectivity index (χ3n) is 4.52. The number of hydrogen-bond acceptors (Lipinski definition) is 4. The zero-order valence-corrected chi connectivity index (χ0v) is 19.5. The van der Waals surface area contributed by atoms with Crippen LogP contribution in [0.25, 0.3) is 0 Å². The molecule has 2 aromatic rings. The highest BCUT2D eigenvalue weighted by Gasteiger charge is 2.20. The number of hydrogen-bond donors (Lipinski definition) is 2. The van der Waals surface area contributed by atoms with E-state index in [1.807, 2.05) is 6.92 Å². The molecule has 2 N–H and O–H groups in total. The van der Waals surface area contributed by atoms with E-state index in [1.165, 1.54) is 11.1 Å². The Labute approximate surface area is 191 Å². The molecule has 1 saturated heterocycles. The molecule has 0 saturated carbocycles. The summed E-state index contributed by atoms with van der Waals surface area (Å²) < 4.78 is 31.6. The minimum Gasteiger partial charge on any atom is -0.492 e. The van der Waals surface area contributed by atoms with Gasteiger partial charge in [0.05, 0.1) is 11.5 Å². The minimum absolute atomic E-state index is 0. The molecule has 160 valence electrons. The summed E-state index contributed by atoms with van der Waals surface area (Å²) in [6.07, 6.45) is 2.10. The van der Waals surface area contributed by atoms with Crippen LogP contribution in [0.4, 0.5) is 13.8 Å². The molecule has 1 aromatic heterocycles. The Bertz CT molecular complexity index is 768. The molecule has 0 spiro atoms. The second kappa shape index (κ2) is 12.2. The number of benzene rings is 1. The molecule has 3 rings (SSSR count). The maximum atomic E-state index is 13.2. The lowest BCUT2D eigenvalue weighted by Gasteiger charge is -2.33. The van der Waals surface area contributed by atoms with Crippen molar-refractivity contribution in [3.05, 3.63) is 47.3 Å². The standard InChI is InChI=1S/C20H26F2N4OS.HI/c1-2-23-20(24-9-12-27-16-5-6-17(21)18(22)14-16)25-15-7-10-26(11-8-15)19-4-3-13-28-19;/h3-6,13-15H,2,7-12H2,1H3,(H2,23,24,25);1H. The van der Waals surface area contributed by atoms with Gasteiger partial charge in [0.2, 0.25) is 0 Å². The number of aliphatic imine (C=N–C) groups is 1. The first-order chi connectivity index (χ1) is 13.7. The van der Waals surface area contributed by atoms with E-state index in [4.69, 9.17) is 4.74 Å². The van der Waals surface area contributed by atoms with Crippen molar-refractivity contribution in [1.82, 2.24) is 10.6 Å². The van der Waals surface area contributed by atoms with Gasteiger partial charge in [0.15, 0.2) is 17.6 Å². The molecule has 9 heteroatoms. The van der Waals surface area contributed by atoms with Crippen LogP contribution in [-0.4, -0.2) is 44.8 Å². The molecule has 1 aliphatic heterocycles. The van der Waals surface area contributed by atoms with Crippen LogP contribution in [0.15, 0.2) is 40.7 Å². The second-order valence-electron chi connectivity index (χ2n) is 6.54. The van der Waals surface area contributed by atoms with Crippen LogP contribution in [0.2, 0.25) is 0 Å². The fourth-order valence-electron chi connectivity index (χ4n) is 3.09. The second-order valence-corrected chi connectivity index (χ2v) is 7.47. The van der Waals surface area contributed by atoms with E-state index in [1.54, 1.807) is 11.3 Å².